The third-order valence-corrected chi connectivity index (χ3v) is 7.55. The molecule has 3 saturated carbocycles. The first kappa shape index (κ1) is 16.6. The lowest BCUT2D eigenvalue weighted by molar-refractivity contribution is -0.146. The summed E-state index contributed by atoms with van der Waals surface area (Å²) in [5.74, 6) is 1.12. The molecule has 134 valence electrons. The van der Waals surface area contributed by atoms with E-state index in [9.17, 15) is 4.79 Å². The van der Waals surface area contributed by atoms with Crippen LogP contribution >= 0.6 is 0 Å². The van der Waals surface area contributed by atoms with E-state index in [4.69, 9.17) is 4.74 Å². The van der Waals surface area contributed by atoms with E-state index in [-0.39, 0.29) is 18.0 Å². The van der Waals surface area contributed by atoms with Crippen LogP contribution < -0.4 is 5.32 Å². The standard InChI is InChI=1S/C21H33NO2/c1-14-7-6-10-21(2)12-19-16(11-18(14)21)17(20(23)24-19)13-22-15-8-4-3-5-9-15/h15-19,22H,1,3-13H2,2H3/t16-,17+,18-,19-,21-/m1/s1. The molecule has 3 aliphatic carbocycles. The van der Waals surface area contributed by atoms with Gasteiger partial charge in [0.15, 0.2) is 0 Å². The van der Waals surface area contributed by atoms with Crippen LogP contribution in [0, 0.1) is 23.2 Å². The summed E-state index contributed by atoms with van der Waals surface area (Å²) in [6.45, 7) is 7.60. The highest BCUT2D eigenvalue weighted by atomic mass is 16.6. The number of nitrogens with one attached hydrogen (secondary N) is 1. The van der Waals surface area contributed by atoms with Crippen molar-refractivity contribution in [3.05, 3.63) is 12.2 Å². The molecule has 4 aliphatic rings. The summed E-state index contributed by atoms with van der Waals surface area (Å²) in [5, 5.41) is 3.70. The van der Waals surface area contributed by atoms with Crippen molar-refractivity contribution < 1.29 is 9.53 Å². The Labute approximate surface area is 146 Å². The quantitative estimate of drug-likeness (QED) is 0.621. The third kappa shape index (κ3) is 2.94. The minimum atomic E-state index is 0.0566. The molecule has 0 amide bonds. The van der Waals surface area contributed by atoms with Crippen molar-refractivity contribution in [2.24, 2.45) is 23.2 Å². The molecule has 4 fully saturated rings. The van der Waals surface area contributed by atoms with E-state index in [1.807, 2.05) is 0 Å². The smallest absolute Gasteiger partial charge is 0.310 e. The van der Waals surface area contributed by atoms with Crippen LogP contribution in [0.3, 0.4) is 0 Å². The third-order valence-electron chi connectivity index (χ3n) is 7.55. The second-order valence-corrected chi connectivity index (χ2v) is 9.15. The zero-order chi connectivity index (χ0) is 16.7. The Hall–Kier alpha value is -0.830. The zero-order valence-corrected chi connectivity index (χ0v) is 15.2. The van der Waals surface area contributed by atoms with Crippen LogP contribution in [0.15, 0.2) is 12.2 Å². The van der Waals surface area contributed by atoms with Crippen molar-refractivity contribution in [3.63, 3.8) is 0 Å². The van der Waals surface area contributed by atoms with Gasteiger partial charge in [0.25, 0.3) is 0 Å². The fourth-order valence-electron chi connectivity index (χ4n) is 6.09. The number of hydrogen-bond donors (Lipinski definition) is 1. The number of ether oxygens (including phenoxy) is 1. The summed E-state index contributed by atoms with van der Waals surface area (Å²) < 4.78 is 5.86. The molecule has 1 heterocycles. The van der Waals surface area contributed by atoms with E-state index in [1.54, 1.807) is 0 Å². The van der Waals surface area contributed by atoms with Gasteiger partial charge in [-0.25, -0.2) is 0 Å². The lowest BCUT2D eigenvalue weighted by atomic mass is 9.55. The first-order valence-corrected chi connectivity index (χ1v) is 10.2. The molecule has 4 rings (SSSR count). The van der Waals surface area contributed by atoms with Gasteiger partial charge in [-0.3, -0.25) is 4.79 Å². The summed E-state index contributed by atoms with van der Waals surface area (Å²) in [5.41, 5.74) is 1.74. The van der Waals surface area contributed by atoms with E-state index >= 15 is 0 Å². The van der Waals surface area contributed by atoms with E-state index < -0.39 is 0 Å². The van der Waals surface area contributed by atoms with Gasteiger partial charge in [0, 0.05) is 18.5 Å². The fourth-order valence-corrected chi connectivity index (χ4v) is 6.09. The highest BCUT2D eigenvalue weighted by Crippen LogP contribution is 2.56. The van der Waals surface area contributed by atoms with Gasteiger partial charge < -0.3 is 10.1 Å². The van der Waals surface area contributed by atoms with Gasteiger partial charge in [-0.1, -0.05) is 38.3 Å². The number of esters is 1. The number of fused-ring (bicyclic) bond motifs is 2. The van der Waals surface area contributed by atoms with Gasteiger partial charge in [0.1, 0.15) is 6.10 Å². The van der Waals surface area contributed by atoms with Gasteiger partial charge in [0.05, 0.1) is 5.92 Å². The number of allylic oxidation sites excluding steroid dienone is 1. The average molecular weight is 332 g/mol. The maximum atomic E-state index is 12.5. The zero-order valence-electron chi connectivity index (χ0n) is 15.2. The van der Waals surface area contributed by atoms with E-state index in [2.05, 4.69) is 18.8 Å². The Morgan fingerprint density at radius 1 is 1.25 bits per heavy atom. The minimum Gasteiger partial charge on any atom is -0.462 e. The van der Waals surface area contributed by atoms with Gasteiger partial charge in [0.2, 0.25) is 0 Å². The Kier molecular flexibility index (Phi) is 4.49. The van der Waals surface area contributed by atoms with Crippen LogP contribution in [-0.2, 0) is 9.53 Å². The number of rotatable bonds is 3. The second-order valence-electron chi connectivity index (χ2n) is 9.15. The van der Waals surface area contributed by atoms with Crippen LogP contribution in [0.2, 0.25) is 0 Å². The normalized spacial score (nSPS) is 43.2. The first-order chi connectivity index (χ1) is 11.6. The van der Waals surface area contributed by atoms with Crippen molar-refractivity contribution in [2.75, 3.05) is 6.54 Å². The lowest BCUT2D eigenvalue weighted by Gasteiger charge is -2.50. The van der Waals surface area contributed by atoms with Crippen molar-refractivity contribution in [1.82, 2.24) is 5.32 Å². The second kappa shape index (κ2) is 6.48. The number of carbonyl (C=O) groups excluding carboxylic acids is 1. The van der Waals surface area contributed by atoms with Crippen molar-refractivity contribution in [2.45, 2.75) is 83.3 Å². The average Bonchev–Trinajstić information content (AvgIpc) is 2.86. The van der Waals surface area contributed by atoms with Crippen molar-refractivity contribution >= 4 is 5.97 Å². The highest BCUT2D eigenvalue weighted by Gasteiger charge is 2.54. The summed E-state index contributed by atoms with van der Waals surface area (Å²) in [6, 6.07) is 0.615. The molecule has 0 radical (unpaired) electrons. The summed E-state index contributed by atoms with van der Waals surface area (Å²) in [6.07, 6.45) is 12.6. The molecule has 0 unspecified atom stereocenters. The van der Waals surface area contributed by atoms with Crippen molar-refractivity contribution in [3.8, 4) is 0 Å². The molecule has 0 bridgehead atoms. The fraction of sp³-hybridized carbons (Fsp3) is 0.857. The molecule has 1 saturated heterocycles. The van der Waals surface area contributed by atoms with Crippen molar-refractivity contribution in [1.29, 1.82) is 0 Å². The largest absolute Gasteiger partial charge is 0.462 e. The number of hydrogen-bond acceptors (Lipinski definition) is 3. The Bertz CT molecular complexity index is 510. The molecule has 0 aromatic carbocycles. The Balaban J connectivity index is 1.43. The molecule has 0 aromatic heterocycles. The SMILES string of the molecule is C=C1CCC[C@]2(C)C[C@H]3OC(=O)[C@@H](CNC4CCCCC4)[C@H]3C[C@H]12. The molecule has 0 spiro atoms. The van der Waals surface area contributed by atoms with Crippen LogP contribution in [0.5, 0.6) is 0 Å². The Morgan fingerprint density at radius 3 is 2.83 bits per heavy atom. The van der Waals surface area contributed by atoms with Gasteiger partial charge in [-0.2, -0.15) is 0 Å². The molecule has 5 atom stereocenters. The minimum absolute atomic E-state index is 0.0566. The monoisotopic (exact) mass is 331 g/mol. The lowest BCUT2D eigenvalue weighted by Crippen LogP contribution is -2.46. The molecule has 1 N–H and O–H groups in total. The van der Waals surface area contributed by atoms with E-state index in [0.29, 0.717) is 23.3 Å². The van der Waals surface area contributed by atoms with Crippen LogP contribution in [0.1, 0.15) is 71.1 Å². The molecule has 3 nitrogen and oxygen atoms in total. The molecule has 24 heavy (non-hydrogen) atoms. The van der Waals surface area contributed by atoms with E-state index in [1.165, 1.54) is 56.9 Å². The topological polar surface area (TPSA) is 38.3 Å². The van der Waals surface area contributed by atoms with Gasteiger partial charge in [-0.05, 0) is 56.3 Å². The van der Waals surface area contributed by atoms with Crippen LogP contribution in [0.4, 0.5) is 0 Å². The summed E-state index contributed by atoms with van der Waals surface area (Å²) in [4.78, 5) is 12.5. The maximum Gasteiger partial charge on any atom is 0.310 e. The van der Waals surface area contributed by atoms with Crippen LogP contribution in [-0.4, -0.2) is 24.7 Å². The molecular weight excluding hydrogens is 298 g/mol. The predicted octanol–water partition coefficient (Wildman–Crippen LogP) is 4.22. The Morgan fingerprint density at radius 2 is 2.04 bits per heavy atom. The summed E-state index contributed by atoms with van der Waals surface area (Å²) >= 11 is 0. The molecule has 1 aliphatic heterocycles. The van der Waals surface area contributed by atoms with Crippen LogP contribution in [0.25, 0.3) is 0 Å². The molecular formula is C21H33NO2. The molecule has 3 heteroatoms. The summed E-state index contributed by atoms with van der Waals surface area (Å²) in [7, 11) is 0. The molecule has 0 aromatic rings. The first-order valence-electron chi connectivity index (χ1n) is 10.2. The van der Waals surface area contributed by atoms with Gasteiger partial charge >= 0.3 is 5.97 Å². The highest BCUT2D eigenvalue weighted by molar-refractivity contribution is 5.75. The van der Waals surface area contributed by atoms with Gasteiger partial charge in [-0.15, -0.1) is 0 Å². The number of carbonyl (C=O) groups is 1. The maximum absolute atomic E-state index is 12.5. The predicted molar refractivity (Wildman–Crippen MR) is 95.6 cm³/mol. The van der Waals surface area contributed by atoms with E-state index in [0.717, 1.165) is 19.4 Å².